The third-order valence-corrected chi connectivity index (χ3v) is 3.78. The molecule has 3 amide bonds. The van der Waals surface area contributed by atoms with Gasteiger partial charge < -0.3 is 21.7 Å². The Labute approximate surface area is 161 Å². The smallest absolute Gasteiger partial charge is 0.243 e. The first kappa shape index (κ1) is 22.6. The van der Waals surface area contributed by atoms with E-state index in [2.05, 4.69) is 16.0 Å². The predicted octanol–water partition coefficient (Wildman–Crippen LogP) is 0.872. The molecule has 5 N–H and O–H groups in total. The van der Waals surface area contributed by atoms with Crippen molar-refractivity contribution < 1.29 is 14.4 Å². The van der Waals surface area contributed by atoms with Crippen LogP contribution in [0, 0.1) is 0 Å². The first-order valence-corrected chi connectivity index (χ1v) is 9.25. The fourth-order valence-corrected chi connectivity index (χ4v) is 2.44. The highest BCUT2D eigenvalue weighted by Gasteiger charge is 2.26. The fourth-order valence-electron chi connectivity index (χ4n) is 2.44. The molecule has 0 radical (unpaired) electrons. The zero-order valence-electron chi connectivity index (χ0n) is 16.7. The standard InChI is InChI=1S/C20H32N4O3/c1-14(13-21)22-19(27)16(12-18(26)24-20(2,3)4)23-17(25)11-10-15-8-6-5-7-9-15/h5-9,14,16H,10-13,21H2,1-4H3,(H,22,27)(H,23,25)(H,24,26). The molecule has 150 valence electrons. The van der Waals surface area contributed by atoms with Crippen LogP contribution in [0.5, 0.6) is 0 Å². The van der Waals surface area contributed by atoms with Gasteiger partial charge in [0.25, 0.3) is 0 Å². The average molecular weight is 377 g/mol. The second kappa shape index (κ2) is 10.7. The highest BCUT2D eigenvalue weighted by molar-refractivity contribution is 5.92. The van der Waals surface area contributed by atoms with Crippen LogP contribution >= 0.6 is 0 Å². The van der Waals surface area contributed by atoms with E-state index in [4.69, 9.17) is 5.73 Å². The summed E-state index contributed by atoms with van der Waals surface area (Å²) in [6.07, 6.45) is 0.674. The zero-order valence-corrected chi connectivity index (χ0v) is 16.7. The van der Waals surface area contributed by atoms with Gasteiger partial charge in [0.1, 0.15) is 6.04 Å². The summed E-state index contributed by atoms with van der Waals surface area (Å²) in [5.74, 6) is -0.987. The molecule has 2 unspecified atom stereocenters. The van der Waals surface area contributed by atoms with Crippen molar-refractivity contribution in [1.29, 1.82) is 0 Å². The van der Waals surface area contributed by atoms with E-state index in [1.54, 1.807) is 6.92 Å². The summed E-state index contributed by atoms with van der Waals surface area (Å²) >= 11 is 0. The van der Waals surface area contributed by atoms with Crippen LogP contribution in [0.4, 0.5) is 0 Å². The molecule has 2 atom stereocenters. The van der Waals surface area contributed by atoms with Crippen LogP contribution in [0.1, 0.15) is 46.1 Å². The topological polar surface area (TPSA) is 113 Å². The number of rotatable bonds is 9. The molecule has 0 bridgehead atoms. The van der Waals surface area contributed by atoms with Gasteiger partial charge in [-0.2, -0.15) is 0 Å². The van der Waals surface area contributed by atoms with Crippen LogP contribution in [0.25, 0.3) is 0 Å². The Morgan fingerprint density at radius 2 is 1.67 bits per heavy atom. The van der Waals surface area contributed by atoms with Gasteiger partial charge >= 0.3 is 0 Å². The van der Waals surface area contributed by atoms with Crippen LogP contribution in [0.15, 0.2) is 30.3 Å². The number of hydrogen-bond acceptors (Lipinski definition) is 4. The van der Waals surface area contributed by atoms with E-state index in [1.165, 1.54) is 0 Å². The molecule has 0 saturated carbocycles. The Bertz CT molecular complexity index is 626. The Balaban J connectivity index is 2.69. The molecule has 0 aliphatic heterocycles. The van der Waals surface area contributed by atoms with E-state index >= 15 is 0 Å². The van der Waals surface area contributed by atoms with Crippen molar-refractivity contribution in [1.82, 2.24) is 16.0 Å². The molecular formula is C20H32N4O3. The van der Waals surface area contributed by atoms with Gasteiger partial charge in [0.05, 0.1) is 6.42 Å². The molecule has 7 nitrogen and oxygen atoms in total. The highest BCUT2D eigenvalue weighted by Crippen LogP contribution is 2.05. The van der Waals surface area contributed by atoms with Gasteiger partial charge in [0.15, 0.2) is 0 Å². The molecule has 0 heterocycles. The molecular weight excluding hydrogens is 344 g/mol. The number of hydrogen-bond donors (Lipinski definition) is 4. The summed E-state index contributed by atoms with van der Waals surface area (Å²) in [6.45, 7) is 7.61. The number of carbonyl (C=O) groups is 3. The summed E-state index contributed by atoms with van der Waals surface area (Å²) in [5.41, 5.74) is 6.16. The van der Waals surface area contributed by atoms with Gasteiger partial charge in [0, 0.05) is 24.5 Å². The number of nitrogens with two attached hydrogens (primary N) is 1. The SMILES string of the molecule is CC(CN)NC(=O)C(CC(=O)NC(C)(C)C)NC(=O)CCc1ccccc1. The monoisotopic (exact) mass is 376 g/mol. The van der Waals surface area contributed by atoms with Crippen molar-refractivity contribution in [3.8, 4) is 0 Å². The normalized spacial score (nSPS) is 13.4. The van der Waals surface area contributed by atoms with E-state index in [0.29, 0.717) is 6.42 Å². The van der Waals surface area contributed by atoms with Crippen molar-refractivity contribution in [2.45, 2.75) is 64.6 Å². The Morgan fingerprint density at radius 1 is 1.04 bits per heavy atom. The maximum Gasteiger partial charge on any atom is 0.243 e. The van der Waals surface area contributed by atoms with E-state index in [0.717, 1.165) is 5.56 Å². The molecule has 0 aliphatic rings. The summed E-state index contributed by atoms with van der Waals surface area (Å²) in [6, 6.07) is 8.44. The third kappa shape index (κ3) is 9.75. The molecule has 1 rings (SSSR count). The van der Waals surface area contributed by atoms with Crippen molar-refractivity contribution in [2.75, 3.05) is 6.54 Å². The van der Waals surface area contributed by atoms with Gasteiger partial charge in [-0.15, -0.1) is 0 Å². The molecule has 0 aliphatic carbocycles. The van der Waals surface area contributed by atoms with Gasteiger partial charge in [-0.1, -0.05) is 30.3 Å². The maximum atomic E-state index is 12.5. The Hall–Kier alpha value is -2.41. The van der Waals surface area contributed by atoms with Gasteiger partial charge in [-0.25, -0.2) is 0 Å². The second-order valence-electron chi connectivity index (χ2n) is 7.75. The zero-order chi connectivity index (χ0) is 20.4. The first-order valence-electron chi connectivity index (χ1n) is 9.25. The average Bonchev–Trinajstić information content (AvgIpc) is 2.58. The minimum absolute atomic E-state index is 0.128. The Morgan fingerprint density at radius 3 is 2.22 bits per heavy atom. The number of amides is 3. The largest absolute Gasteiger partial charge is 0.351 e. The van der Waals surface area contributed by atoms with Crippen molar-refractivity contribution >= 4 is 17.7 Å². The lowest BCUT2D eigenvalue weighted by Crippen LogP contribution is -2.53. The van der Waals surface area contributed by atoms with Crippen LogP contribution in [-0.2, 0) is 20.8 Å². The van der Waals surface area contributed by atoms with Crippen molar-refractivity contribution in [3.05, 3.63) is 35.9 Å². The van der Waals surface area contributed by atoms with Gasteiger partial charge in [-0.05, 0) is 39.7 Å². The Kier molecular flexibility index (Phi) is 8.94. The summed E-state index contributed by atoms with van der Waals surface area (Å²) in [7, 11) is 0. The van der Waals surface area contributed by atoms with Gasteiger partial charge in [0.2, 0.25) is 17.7 Å². The number of carbonyl (C=O) groups excluding carboxylic acids is 3. The van der Waals surface area contributed by atoms with E-state index < -0.39 is 17.5 Å². The van der Waals surface area contributed by atoms with Gasteiger partial charge in [-0.3, -0.25) is 14.4 Å². The molecule has 0 aromatic heterocycles. The minimum atomic E-state index is -0.940. The fraction of sp³-hybridized carbons (Fsp3) is 0.550. The molecule has 0 spiro atoms. The summed E-state index contributed by atoms with van der Waals surface area (Å²) < 4.78 is 0. The van der Waals surface area contributed by atoms with Crippen LogP contribution in [0.2, 0.25) is 0 Å². The van der Waals surface area contributed by atoms with Crippen molar-refractivity contribution in [2.24, 2.45) is 5.73 Å². The lowest BCUT2D eigenvalue weighted by atomic mass is 10.1. The second-order valence-corrected chi connectivity index (χ2v) is 7.75. The van der Waals surface area contributed by atoms with E-state index in [1.807, 2.05) is 51.1 Å². The first-order chi connectivity index (χ1) is 12.6. The molecule has 1 aromatic rings. The van der Waals surface area contributed by atoms with Crippen LogP contribution < -0.4 is 21.7 Å². The van der Waals surface area contributed by atoms with E-state index in [-0.39, 0.29) is 37.2 Å². The number of nitrogens with one attached hydrogen (secondary N) is 3. The highest BCUT2D eigenvalue weighted by atomic mass is 16.2. The number of benzene rings is 1. The summed E-state index contributed by atoms with van der Waals surface area (Å²) in [5, 5.41) is 8.21. The lowest BCUT2D eigenvalue weighted by Gasteiger charge is -2.24. The molecule has 0 fully saturated rings. The lowest BCUT2D eigenvalue weighted by molar-refractivity contribution is -0.132. The van der Waals surface area contributed by atoms with Crippen molar-refractivity contribution in [3.63, 3.8) is 0 Å². The van der Waals surface area contributed by atoms with Crippen LogP contribution in [0.3, 0.4) is 0 Å². The maximum absolute atomic E-state index is 12.5. The minimum Gasteiger partial charge on any atom is -0.351 e. The van der Waals surface area contributed by atoms with E-state index in [9.17, 15) is 14.4 Å². The van der Waals surface area contributed by atoms with Crippen LogP contribution in [-0.4, -0.2) is 41.9 Å². The molecule has 27 heavy (non-hydrogen) atoms. The molecule has 0 saturated heterocycles. The third-order valence-electron chi connectivity index (χ3n) is 3.78. The number of aryl methyl sites for hydroxylation is 1. The molecule has 7 heteroatoms. The quantitative estimate of drug-likeness (QED) is 0.512. The molecule has 1 aromatic carbocycles. The predicted molar refractivity (Wildman–Crippen MR) is 106 cm³/mol. The summed E-state index contributed by atoms with van der Waals surface area (Å²) in [4.78, 5) is 37.0.